The quantitative estimate of drug-likeness (QED) is 0.394. The lowest BCUT2D eigenvalue weighted by Gasteiger charge is -2.13. The van der Waals surface area contributed by atoms with Gasteiger partial charge in [0.25, 0.3) is 5.56 Å². The second-order valence-electron chi connectivity index (χ2n) is 6.44. The Morgan fingerprint density at radius 3 is 2.72 bits per heavy atom. The molecule has 8 heteroatoms. The summed E-state index contributed by atoms with van der Waals surface area (Å²) in [5.41, 5.74) is 2.25. The first kappa shape index (κ1) is 18.9. The summed E-state index contributed by atoms with van der Waals surface area (Å²) in [5, 5.41) is 12.4. The number of carbonyl (C=O) groups excluding carboxylic acids is 1. The first-order chi connectivity index (χ1) is 14.1. The molecule has 1 N–H and O–H groups in total. The van der Waals surface area contributed by atoms with Crippen molar-refractivity contribution in [2.24, 2.45) is 0 Å². The van der Waals surface area contributed by atoms with E-state index in [1.165, 1.54) is 11.8 Å². The van der Waals surface area contributed by atoms with Crippen LogP contribution in [-0.2, 0) is 4.79 Å². The van der Waals surface area contributed by atoms with E-state index in [2.05, 4.69) is 22.1 Å². The Labute approximate surface area is 171 Å². The van der Waals surface area contributed by atoms with E-state index in [-0.39, 0.29) is 17.2 Å². The Hall–Kier alpha value is -3.39. The number of nitrogens with one attached hydrogen (secondary N) is 1. The number of benzene rings is 2. The molecule has 0 aliphatic rings. The van der Waals surface area contributed by atoms with Gasteiger partial charge in [0, 0.05) is 6.54 Å². The molecule has 0 atom stereocenters. The van der Waals surface area contributed by atoms with Crippen molar-refractivity contribution in [2.45, 2.75) is 12.1 Å². The van der Waals surface area contributed by atoms with Gasteiger partial charge in [0.1, 0.15) is 0 Å². The normalized spacial score (nSPS) is 11.1. The van der Waals surface area contributed by atoms with Gasteiger partial charge in [-0.1, -0.05) is 48.2 Å². The summed E-state index contributed by atoms with van der Waals surface area (Å²) in [6.45, 7) is 5.95. The molecule has 0 unspecified atom stereocenters. The number of para-hydroxylation sites is 2. The number of rotatable bonds is 6. The minimum absolute atomic E-state index is 0.122. The van der Waals surface area contributed by atoms with Gasteiger partial charge < -0.3 is 5.32 Å². The van der Waals surface area contributed by atoms with Crippen molar-refractivity contribution in [2.75, 3.05) is 12.3 Å². The van der Waals surface area contributed by atoms with Crippen LogP contribution < -0.4 is 10.9 Å². The first-order valence-corrected chi connectivity index (χ1v) is 10.1. The largest absolute Gasteiger partial charge is 0.352 e. The highest BCUT2D eigenvalue weighted by Gasteiger charge is 2.19. The van der Waals surface area contributed by atoms with E-state index < -0.39 is 0 Å². The number of thioether (sulfide) groups is 1. The van der Waals surface area contributed by atoms with E-state index in [0.717, 1.165) is 11.3 Å². The van der Waals surface area contributed by atoms with Crippen molar-refractivity contribution in [3.8, 4) is 5.69 Å². The van der Waals surface area contributed by atoms with Gasteiger partial charge in [0.2, 0.25) is 11.7 Å². The molecule has 146 valence electrons. The predicted octanol–water partition coefficient (Wildman–Crippen LogP) is 2.74. The van der Waals surface area contributed by atoms with E-state index in [1.807, 2.05) is 53.8 Å². The van der Waals surface area contributed by atoms with E-state index in [4.69, 9.17) is 0 Å². The maximum absolute atomic E-state index is 13.3. The van der Waals surface area contributed by atoms with Crippen LogP contribution in [0.4, 0.5) is 0 Å². The lowest BCUT2D eigenvalue weighted by molar-refractivity contribution is -0.118. The fourth-order valence-corrected chi connectivity index (χ4v) is 3.94. The SMILES string of the molecule is C=CCNC(=O)CSc1nnc2n(-c3ccccc3C)c(=O)c3ccccc3n12. The Balaban J connectivity index is 1.91. The van der Waals surface area contributed by atoms with Crippen LogP contribution in [0.1, 0.15) is 5.56 Å². The van der Waals surface area contributed by atoms with Crippen LogP contribution in [0.15, 0.2) is 71.1 Å². The third kappa shape index (κ3) is 3.42. The lowest BCUT2D eigenvalue weighted by atomic mass is 10.2. The van der Waals surface area contributed by atoms with Crippen LogP contribution in [-0.4, -0.2) is 37.4 Å². The van der Waals surface area contributed by atoms with Gasteiger partial charge in [-0.05, 0) is 30.7 Å². The second kappa shape index (κ2) is 7.92. The van der Waals surface area contributed by atoms with Crippen LogP contribution >= 0.6 is 11.8 Å². The zero-order chi connectivity index (χ0) is 20.4. The molecular formula is C21H19N5O2S. The van der Waals surface area contributed by atoms with E-state index in [0.29, 0.717) is 28.4 Å². The van der Waals surface area contributed by atoms with E-state index in [9.17, 15) is 9.59 Å². The average molecular weight is 405 g/mol. The minimum Gasteiger partial charge on any atom is -0.352 e. The third-order valence-electron chi connectivity index (χ3n) is 4.53. The van der Waals surface area contributed by atoms with Crippen LogP contribution in [0.2, 0.25) is 0 Å². The number of hydrogen-bond donors (Lipinski definition) is 1. The number of aromatic nitrogens is 4. The monoisotopic (exact) mass is 405 g/mol. The van der Waals surface area contributed by atoms with Crippen molar-refractivity contribution in [1.29, 1.82) is 0 Å². The van der Waals surface area contributed by atoms with Gasteiger partial charge in [-0.3, -0.25) is 14.0 Å². The molecule has 4 aromatic rings. The van der Waals surface area contributed by atoms with Crippen molar-refractivity contribution in [3.63, 3.8) is 0 Å². The summed E-state index contributed by atoms with van der Waals surface area (Å²) in [6.07, 6.45) is 1.63. The van der Waals surface area contributed by atoms with Gasteiger partial charge in [0.05, 0.1) is 22.3 Å². The first-order valence-electron chi connectivity index (χ1n) is 9.07. The molecule has 4 rings (SSSR count). The molecule has 2 aromatic carbocycles. The van der Waals surface area contributed by atoms with Gasteiger partial charge in [-0.15, -0.1) is 16.8 Å². The van der Waals surface area contributed by atoms with Crippen LogP contribution in [0, 0.1) is 6.92 Å². The van der Waals surface area contributed by atoms with Crippen LogP contribution in [0.5, 0.6) is 0 Å². The Kier molecular flexibility index (Phi) is 5.18. The Bertz CT molecular complexity index is 1290. The van der Waals surface area contributed by atoms with Gasteiger partial charge in [-0.25, -0.2) is 4.57 Å². The molecule has 2 heterocycles. The molecular weight excluding hydrogens is 386 g/mol. The highest BCUT2D eigenvalue weighted by molar-refractivity contribution is 7.99. The number of amides is 1. The molecule has 0 bridgehead atoms. The highest BCUT2D eigenvalue weighted by atomic mass is 32.2. The molecule has 0 spiro atoms. The molecule has 7 nitrogen and oxygen atoms in total. The number of carbonyl (C=O) groups is 1. The molecule has 0 radical (unpaired) electrons. The zero-order valence-electron chi connectivity index (χ0n) is 15.8. The average Bonchev–Trinajstić information content (AvgIpc) is 3.16. The summed E-state index contributed by atoms with van der Waals surface area (Å²) in [7, 11) is 0. The highest BCUT2D eigenvalue weighted by Crippen LogP contribution is 2.24. The Morgan fingerprint density at radius 1 is 1.17 bits per heavy atom. The van der Waals surface area contributed by atoms with Crippen molar-refractivity contribution >= 4 is 34.3 Å². The van der Waals surface area contributed by atoms with E-state index >= 15 is 0 Å². The molecule has 2 aromatic heterocycles. The van der Waals surface area contributed by atoms with Gasteiger partial charge >= 0.3 is 0 Å². The van der Waals surface area contributed by atoms with Gasteiger partial charge in [-0.2, -0.15) is 0 Å². The van der Waals surface area contributed by atoms with Crippen LogP contribution in [0.25, 0.3) is 22.4 Å². The molecule has 1 amide bonds. The zero-order valence-corrected chi connectivity index (χ0v) is 16.6. The summed E-state index contributed by atoms with van der Waals surface area (Å²) < 4.78 is 3.40. The fraction of sp³-hybridized carbons (Fsp3) is 0.143. The summed E-state index contributed by atoms with van der Waals surface area (Å²) in [4.78, 5) is 25.3. The predicted molar refractivity (Wildman–Crippen MR) is 115 cm³/mol. The number of fused-ring (bicyclic) bond motifs is 3. The maximum Gasteiger partial charge on any atom is 0.267 e. The third-order valence-corrected chi connectivity index (χ3v) is 5.46. The number of aryl methyl sites for hydroxylation is 1. The fourth-order valence-electron chi connectivity index (χ4n) is 3.17. The molecule has 0 saturated carbocycles. The smallest absolute Gasteiger partial charge is 0.267 e. The standard InChI is InChI=1S/C21H19N5O2S/c1-3-12-22-18(27)13-29-21-24-23-20-25(16-10-6-4-8-14(16)2)19(28)15-9-5-7-11-17(15)26(20)21/h3-11H,1,12-13H2,2H3,(H,22,27). The van der Waals surface area contributed by atoms with Crippen LogP contribution in [0.3, 0.4) is 0 Å². The summed E-state index contributed by atoms with van der Waals surface area (Å²) in [5.74, 6) is 0.479. The Morgan fingerprint density at radius 2 is 1.93 bits per heavy atom. The van der Waals surface area contributed by atoms with Crippen molar-refractivity contribution < 1.29 is 4.79 Å². The summed E-state index contributed by atoms with van der Waals surface area (Å²) in [6, 6.07) is 15.0. The maximum atomic E-state index is 13.3. The second-order valence-corrected chi connectivity index (χ2v) is 7.39. The molecule has 29 heavy (non-hydrogen) atoms. The summed E-state index contributed by atoms with van der Waals surface area (Å²) >= 11 is 1.27. The lowest BCUT2D eigenvalue weighted by Crippen LogP contribution is -2.25. The number of nitrogens with zero attached hydrogens (tertiary/aromatic N) is 4. The molecule has 0 saturated heterocycles. The number of hydrogen-bond acceptors (Lipinski definition) is 5. The van der Waals surface area contributed by atoms with Crippen molar-refractivity contribution in [3.05, 3.63) is 77.1 Å². The minimum atomic E-state index is -0.157. The topological polar surface area (TPSA) is 81.3 Å². The molecule has 0 aliphatic carbocycles. The molecule has 0 fully saturated rings. The van der Waals surface area contributed by atoms with Gasteiger partial charge in [0.15, 0.2) is 5.16 Å². The van der Waals surface area contributed by atoms with Crippen molar-refractivity contribution in [1.82, 2.24) is 24.5 Å². The molecule has 0 aliphatic heterocycles. The van der Waals surface area contributed by atoms with E-state index in [1.54, 1.807) is 16.7 Å².